The van der Waals surface area contributed by atoms with E-state index in [-0.39, 0.29) is 29.9 Å². The summed E-state index contributed by atoms with van der Waals surface area (Å²) < 4.78 is 25.1. The zero-order valence-electron chi connectivity index (χ0n) is 17.6. The van der Waals surface area contributed by atoms with Crippen molar-refractivity contribution in [1.82, 2.24) is 5.32 Å². The highest BCUT2D eigenvalue weighted by Gasteiger charge is 2.23. The normalized spacial score (nSPS) is 14.8. The summed E-state index contributed by atoms with van der Waals surface area (Å²) >= 11 is 0. The van der Waals surface area contributed by atoms with Gasteiger partial charge < -0.3 is 15.5 Å². The van der Waals surface area contributed by atoms with Gasteiger partial charge >= 0.3 is 0 Å². The Labute approximate surface area is 185 Å². The Kier molecular flexibility index (Phi) is 8.16. The third-order valence-electron chi connectivity index (χ3n) is 5.52. The highest BCUT2D eigenvalue weighted by Crippen LogP contribution is 2.29. The van der Waals surface area contributed by atoms with Gasteiger partial charge in [0.25, 0.3) is 0 Å². The predicted molar refractivity (Wildman–Crippen MR) is 123 cm³/mol. The minimum Gasteiger partial charge on any atom is -0.506 e. The number of aromatic hydroxyl groups is 1. The Bertz CT molecular complexity index is 962. The van der Waals surface area contributed by atoms with Crippen molar-refractivity contribution in [3.63, 3.8) is 0 Å². The van der Waals surface area contributed by atoms with Gasteiger partial charge in [0.05, 0.1) is 18.0 Å². The lowest BCUT2D eigenvalue weighted by Crippen LogP contribution is -2.33. The summed E-state index contributed by atoms with van der Waals surface area (Å²) in [6.45, 7) is 4.72. The van der Waals surface area contributed by atoms with Crippen LogP contribution in [0, 0.1) is 0 Å². The summed E-state index contributed by atoms with van der Waals surface area (Å²) in [6.07, 6.45) is 4.17. The van der Waals surface area contributed by atoms with Crippen molar-refractivity contribution in [2.24, 2.45) is 0 Å². The fourth-order valence-corrected chi connectivity index (χ4v) is 4.58. The number of aryl methyl sites for hydroxylation is 2. The van der Waals surface area contributed by atoms with Gasteiger partial charge in [-0.3, -0.25) is 4.72 Å². The Morgan fingerprint density at radius 1 is 1.07 bits per heavy atom. The average Bonchev–Trinajstić information content (AvgIpc) is 3.07. The van der Waals surface area contributed by atoms with Crippen molar-refractivity contribution in [2.75, 3.05) is 17.5 Å². The zero-order valence-corrected chi connectivity index (χ0v) is 19.2. The van der Waals surface area contributed by atoms with Gasteiger partial charge in [0.2, 0.25) is 10.0 Å². The number of sulfonamides is 1. The maximum atomic E-state index is 11.4. The van der Waals surface area contributed by atoms with Gasteiger partial charge in [-0.25, -0.2) is 8.42 Å². The molecule has 4 N–H and O–H groups in total. The maximum Gasteiger partial charge on any atom is 0.229 e. The standard InChI is InChI=1S/C22H30N2O4S.ClH/c1-4-14-8-17-10-19(11-18(17)9-15(14)5-2)23-13-22(26)16-6-7-21(25)20(12-16)24-29(3,27)28;/h6-9,12,19,22-26H,4-5,10-11,13H2,1-3H3;1H. The van der Waals surface area contributed by atoms with Crippen molar-refractivity contribution in [3.05, 3.63) is 58.1 Å². The predicted octanol–water partition coefficient (Wildman–Crippen LogP) is 3.10. The van der Waals surface area contributed by atoms with Gasteiger partial charge in [-0.05, 0) is 65.6 Å². The molecule has 0 saturated carbocycles. The van der Waals surface area contributed by atoms with Gasteiger partial charge in [-0.2, -0.15) is 0 Å². The third kappa shape index (κ3) is 5.88. The molecule has 30 heavy (non-hydrogen) atoms. The number of anilines is 1. The van der Waals surface area contributed by atoms with Gasteiger partial charge in [0.1, 0.15) is 5.75 Å². The van der Waals surface area contributed by atoms with Gasteiger partial charge in [-0.15, -0.1) is 12.4 Å². The summed E-state index contributed by atoms with van der Waals surface area (Å²) in [6, 6.07) is 9.37. The molecule has 0 fully saturated rings. The molecule has 8 heteroatoms. The summed E-state index contributed by atoms with van der Waals surface area (Å²) in [7, 11) is -3.52. The highest BCUT2D eigenvalue weighted by molar-refractivity contribution is 7.92. The molecular formula is C22H31ClN2O4S. The van der Waals surface area contributed by atoms with Crippen molar-refractivity contribution in [3.8, 4) is 5.75 Å². The first-order valence-corrected chi connectivity index (χ1v) is 11.9. The number of halogens is 1. The van der Waals surface area contributed by atoms with E-state index in [4.69, 9.17) is 0 Å². The van der Waals surface area contributed by atoms with Crippen molar-refractivity contribution in [1.29, 1.82) is 0 Å². The Balaban J connectivity index is 0.00000320. The van der Waals surface area contributed by atoms with Crippen LogP contribution >= 0.6 is 12.4 Å². The number of hydrogen-bond acceptors (Lipinski definition) is 5. The largest absolute Gasteiger partial charge is 0.506 e. The van der Waals surface area contributed by atoms with Gasteiger partial charge in [-0.1, -0.05) is 32.0 Å². The molecule has 0 bridgehead atoms. The molecule has 1 aliphatic rings. The smallest absolute Gasteiger partial charge is 0.229 e. The van der Waals surface area contributed by atoms with Crippen LogP contribution in [0.3, 0.4) is 0 Å². The molecule has 6 nitrogen and oxygen atoms in total. The highest BCUT2D eigenvalue weighted by atomic mass is 35.5. The lowest BCUT2D eigenvalue weighted by molar-refractivity contribution is 0.170. The lowest BCUT2D eigenvalue weighted by Gasteiger charge is -2.17. The molecule has 3 rings (SSSR count). The minimum atomic E-state index is -3.52. The van der Waals surface area contributed by atoms with E-state index in [0.29, 0.717) is 12.1 Å². The first kappa shape index (κ1) is 24.5. The summed E-state index contributed by atoms with van der Waals surface area (Å²) in [5.74, 6) is -0.177. The van der Waals surface area contributed by atoms with Crippen molar-refractivity contribution < 1.29 is 18.6 Å². The summed E-state index contributed by atoms with van der Waals surface area (Å²) in [5.41, 5.74) is 6.21. The average molecular weight is 455 g/mol. The first-order valence-electron chi connectivity index (χ1n) is 10.1. The molecular weight excluding hydrogens is 424 g/mol. The van der Waals surface area contributed by atoms with Crippen LogP contribution in [0.1, 0.15) is 47.8 Å². The van der Waals surface area contributed by atoms with Crippen LogP contribution in [-0.4, -0.2) is 37.5 Å². The molecule has 0 heterocycles. The molecule has 2 aromatic rings. The molecule has 2 aromatic carbocycles. The molecule has 0 spiro atoms. The molecule has 1 atom stereocenters. The number of aliphatic hydroxyl groups is 1. The zero-order chi connectivity index (χ0) is 21.2. The van der Waals surface area contributed by atoms with Crippen LogP contribution in [-0.2, 0) is 35.7 Å². The molecule has 0 aliphatic heterocycles. The summed E-state index contributed by atoms with van der Waals surface area (Å²) in [4.78, 5) is 0. The number of phenolic OH excluding ortho intramolecular Hbond substituents is 1. The van der Waals surface area contributed by atoms with Crippen molar-refractivity contribution >= 4 is 28.1 Å². The Hall–Kier alpha value is -1.80. The SMILES string of the molecule is CCc1cc2c(cc1CC)CC(NCC(O)c1ccc(O)c(NS(C)(=O)=O)c1)C2.Cl. The van der Waals surface area contributed by atoms with Crippen LogP contribution in [0.2, 0.25) is 0 Å². The Morgan fingerprint density at radius 3 is 2.13 bits per heavy atom. The molecule has 1 aliphatic carbocycles. The number of aliphatic hydroxyl groups excluding tert-OH is 1. The molecule has 0 radical (unpaired) electrons. The van der Waals surface area contributed by atoms with Crippen LogP contribution in [0.4, 0.5) is 5.69 Å². The number of fused-ring (bicyclic) bond motifs is 1. The molecule has 1 unspecified atom stereocenters. The van der Waals surface area contributed by atoms with Gasteiger partial charge in [0, 0.05) is 12.6 Å². The van der Waals surface area contributed by atoms with E-state index < -0.39 is 16.1 Å². The number of hydrogen-bond donors (Lipinski definition) is 4. The second-order valence-corrected chi connectivity index (χ2v) is 9.53. The monoisotopic (exact) mass is 454 g/mol. The Morgan fingerprint density at radius 2 is 1.63 bits per heavy atom. The topological polar surface area (TPSA) is 98.7 Å². The lowest BCUT2D eigenvalue weighted by atomic mass is 9.97. The molecule has 0 amide bonds. The van der Waals surface area contributed by atoms with E-state index in [1.807, 2.05) is 0 Å². The second-order valence-electron chi connectivity index (χ2n) is 7.78. The van der Waals surface area contributed by atoms with Crippen LogP contribution in [0.25, 0.3) is 0 Å². The second kappa shape index (κ2) is 10.0. The fraction of sp³-hybridized carbons (Fsp3) is 0.455. The van der Waals surface area contributed by atoms with E-state index in [9.17, 15) is 18.6 Å². The molecule has 0 saturated heterocycles. The van der Waals surface area contributed by atoms with E-state index in [0.717, 1.165) is 31.9 Å². The summed E-state index contributed by atoms with van der Waals surface area (Å²) in [5, 5.41) is 23.8. The van der Waals surface area contributed by atoms with Crippen LogP contribution in [0.5, 0.6) is 5.75 Å². The quantitative estimate of drug-likeness (QED) is 0.459. The maximum absolute atomic E-state index is 11.4. The fourth-order valence-electron chi connectivity index (χ4n) is 4.02. The third-order valence-corrected chi connectivity index (χ3v) is 6.11. The van der Waals surface area contributed by atoms with E-state index in [1.54, 1.807) is 6.07 Å². The molecule has 0 aromatic heterocycles. The number of rotatable bonds is 8. The number of benzene rings is 2. The van der Waals surface area contributed by atoms with E-state index >= 15 is 0 Å². The van der Waals surface area contributed by atoms with Crippen LogP contribution < -0.4 is 10.0 Å². The van der Waals surface area contributed by atoms with E-state index in [1.165, 1.54) is 34.4 Å². The van der Waals surface area contributed by atoms with Gasteiger partial charge in [0.15, 0.2) is 0 Å². The number of phenols is 1. The molecule has 166 valence electrons. The minimum absolute atomic E-state index is 0. The van der Waals surface area contributed by atoms with E-state index in [2.05, 4.69) is 36.0 Å². The first-order chi connectivity index (χ1) is 13.7. The number of nitrogens with one attached hydrogen (secondary N) is 2. The van der Waals surface area contributed by atoms with Crippen LogP contribution in [0.15, 0.2) is 30.3 Å². The van der Waals surface area contributed by atoms with Crippen molar-refractivity contribution in [2.45, 2.75) is 51.7 Å².